The van der Waals surface area contributed by atoms with Gasteiger partial charge in [0.05, 0.1) is 17.1 Å². The molecular formula is C23H36N4O. The number of anilines is 1. The molecule has 0 unspecified atom stereocenters. The minimum Gasteiger partial charge on any atom is -0.377 e. The molecule has 1 aromatic heterocycles. The summed E-state index contributed by atoms with van der Waals surface area (Å²) >= 11 is 0. The lowest BCUT2D eigenvalue weighted by Gasteiger charge is -2.22. The van der Waals surface area contributed by atoms with E-state index in [1.165, 1.54) is 51.6 Å². The molecule has 0 aromatic carbocycles. The van der Waals surface area contributed by atoms with Gasteiger partial charge < -0.3 is 15.5 Å². The van der Waals surface area contributed by atoms with Crippen LogP contribution in [0.1, 0.15) is 63.6 Å². The topological polar surface area (TPSA) is 57.3 Å². The van der Waals surface area contributed by atoms with Crippen LogP contribution in [-0.2, 0) is 4.79 Å². The molecule has 28 heavy (non-hydrogen) atoms. The minimum atomic E-state index is -0.0716. The number of aromatic nitrogens is 1. The Balaban J connectivity index is 1.95. The summed E-state index contributed by atoms with van der Waals surface area (Å²) in [7, 11) is 0. The standard InChI is InChI=1S/C23H36N4O/c1-5-21(24-12-15-27-13-10-8-6-7-9-11-14-27)20-16-22(19(4)25-17-20)26-23(28)18(2)3/h16-18,24H,1,6-15H2,2-4H3,(H,26,28). The van der Waals surface area contributed by atoms with Crippen molar-refractivity contribution in [3.05, 3.63) is 35.8 Å². The molecule has 1 aliphatic heterocycles. The third-order valence-electron chi connectivity index (χ3n) is 5.26. The van der Waals surface area contributed by atoms with Gasteiger partial charge in [-0.15, -0.1) is 5.73 Å². The normalized spacial score (nSPS) is 15.9. The highest BCUT2D eigenvalue weighted by Crippen LogP contribution is 2.19. The summed E-state index contributed by atoms with van der Waals surface area (Å²) in [4.78, 5) is 19.0. The zero-order valence-electron chi connectivity index (χ0n) is 17.8. The van der Waals surface area contributed by atoms with Crippen molar-refractivity contribution >= 4 is 17.3 Å². The Morgan fingerprint density at radius 1 is 1.21 bits per heavy atom. The molecule has 1 aliphatic rings. The number of nitrogens with one attached hydrogen (secondary N) is 2. The van der Waals surface area contributed by atoms with Crippen LogP contribution in [0.3, 0.4) is 0 Å². The average molecular weight is 385 g/mol. The molecule has 2 rings (SSSR count). The first kappa shape index (κ1) is 22.2. The molecule has 154 valence electrons. The maximum Gasteiger partial charge on any atom is 0.226 e. The van der Waals surface area contributed by atoms with E-state index >= 15 is 0 Å². The zero-order valence-corrected chi connectivity index (χ0v) is 17.8. The van der Waals surface area contributed by atoms with Crippen molar-refractivity contribution in [3.8, 4) is 0 Å². The van der Waals surface area contributed by atoms with Crippen LogP contribution in [0.2, 0.25) is 0 Å². The van der Waals surface area contributed by atoms with Gasteiger partial charge in [-0.25, -0.2) is 0 Å². The minimum absolute atomic E-state index is 0.00728. The predicted molar refractivity (Wildman–Crippen MR) is 117 cm³/mol. The lowest BCUT2D eigenvalue weighted by Crippen LogP contribution is -2.33. The highest BCUT2D eigenvalue weighted by molar-refractivity contribution is 5.93. The van der Waals surface area contributed by atoms with E-state index in [-0.39, 0.29) is 11.8 Å². The van der Waals surface area contributed by atoms with Crippen LogP contribution in [0.4, 0.5) is 5.69 Å². The number of hydrogen-bond donors (Lipinski definition) is 2. The van der Waals surface area contributed by atoms with E-state index in [4.69, 9.17) is 0 Å². The second kappa shape index (κ2) is 11.7. The third-order valence-corrected chi connectivity index (χ3v) is 5.26. The molecule has 1 fully saturated rings. The number of carbonyl (C=O) groups is 1. The molecule has 2 heterocycles. The first-order chi connectivity index (χ1) is 13.5. The fraction of sp³-hybridized carbons (Fsp3) is 0.609. The first-order valence-electron chi connectivity index (χ1n) is 10.7. The monoisotopic (exact) mass is 384 g/mol. The Morgan fingerprint density at radius 3 is 2.46 bits per heavy atom. The van der Waals surface area contributed by atoms with Crippen molar-refractivity contribution in [2.75, 3.05) is 31.5 Å². The van der Waals surface area contributed by atoms with Gasteiger partial charge in [-0.1, -0.05) is 46.1 Å². The Kier molecular flexibility index (Phi) is 9.26. The quantitative estimate of drug-likeness (QED) is 0.686. The van der Waals surface area contributed by atoms with Crippen LogP contribution >= 0.6 is 0 Å². The highest BCUT2D eigenvalue weighted by atomic mass is 16.1. The summed E-state index contributed by atoms with van der Waals surface area (Å²) in [5.41, 5.74) is 6.26. The van der Waals surface area contributed by atoms with Gasteiger partial charge >= 0.3 is 0 Å². The lowest BCUT2D eigenvalue weighted by atomic mass is 10.1. The van der Waals surface area contributed by atoms with Crippen molar-refractivity contribution in [1.82, 2.24) is 15.2 Å². The Labute approximate surface area is 170 Å². The number of amides is 1. The molecule has 0 aliphatic carbocycles. The predicted octanol–water partition coefficient (Wildman–Crippen LogP) is 4.36. The number of carbonyl (C=O) groups excluding carboxylic acids is 1. The summed E-state index contributed by atoms with van der Waals surface area (Å²) in [5.74, 6) is -0.0789. The molecule has 1 aromatic rings. The second-order valence-electron chi connectivity index (χ2n) is 7.94. The average Bonchev–Trinajstić information content (AvgIpc) is 2.81. The molecule has 5 nitrogen and oxygen atoms in total. The van der Waals surface area contributed by atoms with Gasteiger partial charge in [0.25, 0.3) is 0 Å². The van der Waals surface area contributed by atoms with Gasteiger partial charge in [0.15, 0.2) is 0 Å². The SMILES string of the molecule is C=C=C(NCCN1CCCCCCCC1)c1cnc(C)c(NC(=O)C(C)C)c1. The molecular weight excluding hydrogens is 348 g/mol. The number of hydrogen-bond acceptors (Lipinski definition) is 4. The first-order valence-corrected chi connectivity index (χ1v) is 10.7. The van der Waals surface area contributed by atoms with Gasteiger partial charge in [0, 0.05) is 30.8 Å². The van der Waals surface area contributed by atoms with Gasteiger partial charge in [-0.2, -0.15) is 0 Å². The molecule has 2 N–H and O–H groups in total. The van der Waals surface area contributed by atoms with Gasteiger partial charge in [-0.05, 0) is 38.9 Å². The van der Waals surface area contributed by atoms with Crippen LogP contribution in [0.25, 0.3) is 5.70 Å². The van der Waals surface area contributed by atoms with E-state index in [0.717, 1.165) is 35.7 Å². The van der Waals surface area contributed by atoms with Crippen LogP contribution in [0, 0.1) is 12.8 Å². The third kappa shape index (κ3) is 7.14. The molecule has 0 spiro atoms. The van der Waals surface area contributed by atoms with Crippen LogP contribution < -0.4 is 10.6 Å². The van der Waals surface area contributed by atoms with Crippen molar-refractivity contribution in [2.24, 2.45) is 5.92 Å². The maximum atomic E-state index is 12.0. The molecule has 0 atom stereocenters. The smallest absolute Gasteiger partial charge is 0.226 e. The summed E-state index contributed by atoms with van der Waals surface area (Å²) < 4.78 is 0. The number of nitrogens with zero attached hydrogens (tertiary/aromatic N) is 2. The number of rotatable bonds is 7. The summed E-state index contributed by atoms with van der Waals surface area (Å²) in [6.07, 6.45) is 9.86. The molecule has 0 radical (unpaired) electrons. The Hall–Kier alpha value is -2.10. The molecule has 0 saturated carbocycles. The maximum absolute atomic E-state index is 12.0. The van der Waals surface area contributed by atoms with E-state index in [9.17, 15) is 4.79 Å². The molecule has 1 amide bonds. The summed E-state index contributed by atoms with van der Waals surface area (Å²) in [6, 6.07) is 1.95. The second-order valence-corrected chi connectivity index (χ2v) is 7.94. The van der Waals surface area contributed by atoms with Crippen LogP contribution in [0.15, 0.2) is 24.6 Å². The fourth-order valence-corrected chi connectivity index (χ4v) is 3.39. The number of aryl methyl sites for hydroxylation is 1. The Morgan fingerprint density at radius 2 is 1.86 bits per heavy atom. The van der Waals surface area contributed by atoms with E-state index < -0.39 is 0 Å². The van der Waals surface area contributed by atoms with Crippen LogP contribution in [-0.4, -0.2) is 42.0 Å². The van der Waals surface area contributed by atoms with E-state index in [1.807, 2.05) is 26.8 Å². The van der Waals surface area contributed by atoms with Crippen molar-refractivity contribution in [1.29, 1.82) is 0 Å². The van der Waals surface area contributed by atoms with Crippen molar-refractivity contribution < 1.29 is 4.79 Å². The summed E-state index contributed by atoms with van der Waals surface area (Å²) in [5, 5.41) is 6.41. The van der Waals surface area contributed by atoms with E-state index in [2.05, 4.69) is 32.8 Å². The largest absolute Gasteiger partial charge is 0.377 e. The molecule has 0 bridgehead atoms. The zero-order chi connectivity index (χ0) is 20.4. The molecule has 1 saturated heterocycles. The van der Waals surface area contributed by atoms with Crippen molar-refractivity contribution in [2.45, 2.75) is 59.3 Å². The summed E-state index contributed by atoms with van der Waals surface area (Å²) in [6.45, 7) is 13.7. The Bertz CT molecular complexity index is 682. The highest BCUT2D eigenvalue weighted by Gasteiger charge is 2.12. The van der Waals surface area contributed by atoms with Crippen molar-refractivity contribution in [3.63, 3.8) is 0 Å². The van der Waals surface area contributed by atoms with Gasteiger partial charge in [0.2, 0.25) is 5.91 Å². The number of pyridine rings is 1. The van der Waals surface area contributed by atoms with Crippen LogP contribution in [0.5, 0.6) is 0 Å². The fourth-order valence-electron chi connectivity index (χ4n) is 3.39. The van der Waals surface area contributed by atoms with Gasteiger partial charge in [0.1, 0.15) is 0 Å². The molecule has 5 heteroatoms. The van der Waals surface area contributed by atoms with E-state index in [1.54, 1.807) is 6.20 Å². The van der Waals surface area contributed by atoms with Gasteiger partial charge in [-0.3, -0.25) is 9.78 Å². The lowest BCUT2D eigenvalue weighted by molar-refractivity contribution is -0.118. The van der Waals surface area contributed by atoms with E-state index in [0.29, 0.717) is 0 Å².